The van der Waals surface area contributed by atoms with Gasteiger partial charge in [0.15, 0.2) is 5.96 Å². The fraction of sp³-hybridized carbons (Fsp3) is 0.733. The molecule has 2 rings (SSSR count). The first-order valence-corrected chi connectivity index (χ1v) is 8.80. The van der Waals surface area contributed by atoms with E-state index >= 15 is 0 Å². The zero-order valence-corrected chi connectivity index (χ0v) is 16.9. The summed E-state index contributed by atoms with van der Waals surface area (Å²) in [7, 11) is 1.88. The summed E-state index contributed by atoms with van der Waals surface area (Å²) in [5, 5.41) is 8.41. The Hall–Kier alpha value is -0.440. The van der Waals surface area contributed by atoms with Crippen molar-refractivity contribution in [1.82, 2.24) is 20.0 Å². The lowest BCUT2D eigenvalue weighted by Crippen LogP contribution is -2.49. The maximum atomic E-state index is 4.44. The Morgan fingerprint density at radius 1 is 1.50 bits per heavy atom. The van der Waals surface area contributed by atoms with Crippen LogP contribution in [0.5, 0.6) is 0 Å². The number of hydrogen-bond donors (Lipinski definition) is 1. The number of hydrogen-bond acceptors (Lipinski definition) is 3. The molecule has 5 nitrogen and oxygen atoms in total. The number of nitrogens with one attached hydrogen (secondary N) is 1. The van der Waals surface area contributed by atoms with E-state index in [4.69, 9.17) is 0 Å². The van der Waals surface area contributed by atoms with Gasteiger partial charge in [0.2, 0.25) is 0 Å². The molecule has 0 bridgehead atoms. The van der Waals surface area contributed by atoms with Gasteiger partial charge in [0.25, 0.3) is 0 Å². The van der Waals surface area contributed by atoms with Gasteiger partial charge in [-0.25, -0.2) is 0 Å². The monoisotopic (exact) mass is 437 g/mol. The summed E-state index contributed by atoms with van der Waals surface area (Å²) in [6.45, 7) is 8.68. The van der Waals surface area contributed by atoms with Crippen LogP contribution in [0.1, 0.15) is 20.3 Å². The van der Waals surface area contributed by atoms with Gasteiger partial charge < -0.3 is 10.2 Å². The van der Waals surface area contributed by atoms with Gasteiger partial charge in [-0.2, -0.15) is 16.9 Å². The van der Waals surface area contributed by atoms with Crippen molar-refractivity contribution < 1.29 is 0 Å². The molecule has 0 spiro atoms. The molecule has 1 saturated heterocycles. The van der Waals surface area contributed by atoms with Crippen LogP contribution in [0.3, 0.4) is 0 Å². The van der Waals surface area contributed by atoms with Crippen molar-refractivity contribution in [3.05, 3.63) is 18.5 Å². The minimum absolute atomic E-state index is 0. The van der Waals surface area contributed by atoms with E-state index in [0.717, 1.165) is 44.5 Å². The largest absolute Gasteiger partial charge is 0.356 e. The Kier molecular flexibility index (Phi) is 9.23. The van der Waals surface area contributed by atoms with E-state index < -0.39 is 0 Å². The maximum Gasteiger partial charge on any atom is 0.193 e. The lowest BCUT2D eigenvalue weighted by molar-refractivity contribution is 0.380. The van der Waals surface area contributed by atoms with Crippen LogP contribution in [-0.2, 0) is 6.54 Å². The highest BCUT2D eigenvalue weighted by molar-refractivity contribution is 14.0. The average Bonchev–Trinajstić information content (AvgIpc) is 3.01. The van der Waals surface area contributed by atoms with Crippen LogP contribution < -0.4 is 5.32 Å². The Bertz CT molecular complexity index is 435. The molecule has 1 aromatic heterocycles. The van der Waals surface area contributed by atoms with E-state index in [2.05, 4.69) is 45.9 Å². The van der Waals surface area contributed by atoms with Crippen molar-refractivity contribution in [2.45, 2.75) is 32.1 Å². The summed E-state index contributed by atoms with van der Waals surface area (Å²) in [5.41, 5.74) is 0. The van der Waals surface area contributed by atoms with Crippen molar-refractivity contribution in [3.8, 4) is 0 Å². The number of halogens is 1. The first-order chi connectivity index (χ1) is 10.2. The smallest absolute Gasteiger partial charge is 0.193 e. The quantitative estimate of drug-likeness (QED) is 0.333. The topological polar surface area (TPSA) is 45.5 Å². The molecule has 1 N–H and O–H groups in total. The van der Waals surface area contributed by atoms with Crippen molar-refractivity contribution in [1.29, 1.82) is 0 Å². The van der Waals surface area contributed by atoms with E-state index in [0.29, 0.717) is 5.25 Å². The second-order valence-electron chi connectivity index (χ2n) is 5.70. The fourth-order valence-corrected chi connectivity index (χ4v) is 3.78. The summed E-state index contributed by atoms with van der Waals surface area (Å²) in [5.74, 6) is 2.95. The van der Waals surface area contributed by atoms with Crippen LogP contribution in [0.2, 0.25) is 0 Å². The fourth-order valence-electron chi connectivity index (χ4n) is 2.48. The molecule has 0 saturated carbocycles. The van der Waals surface area contributed by atoms with Crippen molar-refractivity contribution >= 4 is 41.7 Å². The number of aryl methyl sites for hydroxylation is 1. The molecule has 0 radical (unpaired) electrons. The summed E-state index contributed by atoms with van der Waals surface area (Å²) in [6, 6.07) is 1.96. The normalized spacial score (nSPS) is 19.2. The number of thioether (sulfide) groups is 1. The lowest BCUT2D eigenvalue weighted by Gasteiger charge is -2.36. The minimum atomic E-state index is 0. The first kappa shape index (κ1) is 19.6. The molecule has 1 aromatic rings. The van der Waals surface area contributed by atoms with E-state index in [-0.39, 0.29) is 24.0 Å². The Balaban J connectivity index is 0.00000242. The SMILES string of the molecule is CN=C(NCCCn1cccn1)N1CCSC(C(C)C)C1.I. The van der Waals surface area contributed by atoms with Crippen molar-refractivity contribution in [2.24, 2.45) is 10.9 Å². The summed E-state index contributed by atoms with van der Waals surface area (Å²) < 4.78 is 1.97. The predicted octanol–water partition coefficient (Wildman–Crippen LogP) is 2.54. The Morgan fingerprint density at radius 2 is 2.32 bits per heavy atom. The molecule has 0 aromatic carbocycles. The molecule has 1 fully saturated rings. The van der Waals surface area contributed by atoms with Gasteiger partial charge in [-0.05, 0) is 18.4 Å². The third-order valence-corrected chi connectivity index (χ3v) is 5.29. The number of aliphatic imine (C=N–C) groups is 1. The summed E-state index contributed by atoms with van der Waals surface area (Å²) in [4.78, 5) is 6.84. The number of rotatable bonds is 5. The van der Waals surface area contributed by atoms with Gasteiger partial charge in [0.05, 0.1) is 0 Å². The zero-order chi connectivity index (χ0) is 15.1. The molecule has 22 heavy (non-hydrogen) atoms. The van der Waals surface area contributed by atoms with Gasteiger partial charge in [-0.15, -0.1) is 24.0 Å². The first-order valence-electron chi connectivity index (χ1n) is 7.75. The second kappa shape index (κ2) is 10.4. The molecule has 2 heterocycles. The molecule has 0 aliphatic carbocycles. The zero-order valence-electron chi connectivity index (χ0n) is 13.7. The van der Waals surface area contributed by atoms with Crippen LogP contribution >= 0.6 is 35.7 Å². The molecular formula is C15H28IN5S. The van der Waals surface area contributed by atoms with Gasteiger partial charge >= 0.3 is 0 Å². The molecule has 1 aliphatic rings. The van der Waals surface area contributed by atoms with E-state index in [1.54, 1.807) is 0 Å². The van der Waals surface area contributed by atoms with Gasteiger partial charge in [0, 0.05) is 56.6 Å². The summed E-state index contributed by atoms with van der Waals surface area (Å²) in [6.07, 6.45) is 4.88. The number of aromatic nitrogens is 2. The Labute approximate surface area is 155 Å². The highest BCUT2D eigenvalue weighted by atomic mass is 127. The van der Waals surface area contributed by atoms with Crippen LogP contribution in [0, 0.1) is 5.92 Å². The van der Waals surface area contributed by atoms with Gasteiger partial charge in [0.1, 0.15) is 0 Å². The molecule has 0 amide bonds. The molecule has 1 unspecified atom stereocenters. The minimum Gasteiger partial charge on any atom is -0.356 e. The van der Waals surface area contributed by atoms with Crippen LogP contribution in [-0.4, -0.2) is 58.3 Å². The molecule has 126 valence electrons. The third kappa shape index (κ3) is 5.98. The maximum absolute atomic E-state index is 4.44. The van der Waals surface area contributed by atoms with Gasteiger partial charge in [-0.1, -0.05) is 13.8 Å². The van der Waals surface area contributed by atoms with E-state index in [1.165, 1.54) is 5.75 Å². The average molecular weight is 437 g/mol. The van der Waals surface area contributed by atoms with Crippen LogP contribution in [0.15, 0.2) is 23.5 Å². The van der Waals surface area contributed by atoms with Crippen molar-refractivity contribution in [3.63, 3.8) is 0 Å². The molecule has 1 atom stereocenters. The Morgan fingerprint density at radius 3 is 2.95 bits per heavy atom. The van der Waals surface area contributed by atoms with E-state index in [1.807, 2.05) is 30.2 Å². The van der Waals surface area contributed by atoms with Gasteiger partial charge in [-0.3, -0.25) is 9.67 Å². The number of nitrogens with zero attached hydrogens (tertiary/aromatic N) is 4. The summed E-state index contributed by atoms with van der Waals surface area (Å²) >= 11 is 2.09. The highest BCUT2D eigenvalue weighted by Crippen LogP contribution is 2.24. The predicted molar refractivity (Wildman–Crippen MR) is 106 cm³/mol. The molecule has 7 heteroatoms. The van der Waals surface area contributed by atoms with Crippen molar-refractivity contribution in [2.75, 3.05) is 32.4 Å². The molecular weight excluding hydrogens is 409 g/mol. The number of guanidine groups is 1. The van der Waals surface area contributed by atoms with Crippen LogP contribution in [0.4, 0.5) is 0 Å². The van der Waals surface area contributed by atoms with E-state index in [9.17, 15) is 0 Å². The highest BCUT2D eigenvalue weighted by Gasteiger charge is 2.24. The lowest BCUT2D eigenvalue weighted by atomic mass is 10.1. The standard InChI is InChI=1S/C15H27N5S.HI/c1-13(2)14-12-19(10-11-21-14)15(16-3)17-6-4-8-20-9-5-7-18-20;/h5,7,9,13-14H,4,6,8,10-12H2,1-3H3,(H,16,17);1H. The molecule has 1 aliphatic heterocycles. The van der Waals surface area contributed by atoms with Crippen LogP contribution in [0.25, 0.3) is 0 Å². The third-order valence-electron chi connectivity index (χ3n) is 3.75. The second-order valence-corrected chi connectivity index (χ2v) is 7.04.